The van der Waals surface area contributed by atoms with Crippen molar-refractivity contribution < 1.29 is 18.0 Å². The van der Waals surface area contributed by atoms with Crippen molar-refractivity contribution in [2.45, 2.75) is 6.18 Å². The van der Waals surface area contributed by atoms with Crippen molar-refractivity contribution in [2.75, 3.05) is 11.1 Å². The van der Waals surface area contributed by atoms with Crippen molar-refractivity contribution in [1.29, 1.82) is 0 Å². The van der Waals surface area contributed by atoms with E-state index in [0.29, 0.717) is 11.4 Å². The van der Waals surface area contributed by atoms with Crippen LogP contribution in [-0.4, -0.2) is 5.91 Å². The molecule has 3 aromatic rings. The van der Waals surface area contributed by atoms with Gasteiger partial charge in [0.1, 0.15) is 0 Å². The van der Waals surface area contributed by atoms with E-state index in [0.717, 1.165) is 22.6 Å². The summed E-state index contributed by atoms with van der Waals surface area (Å²) in [6, 6.07) is 13.3. The minimum atomic E-state index is -4.51. The molecule has 0 spiro atoms. The first kappa shape index (κ1) is 17.0. The molecule has 0 fully saturated rings. The van der Waals surface area contributed by atoms with E-state index >= 15 is 0 Å². The van der Waals surface area contributed by atoms with Crippen molar-refractivity contribution in [3.63, 3.8) is 0 Å². The van der Waals surface area contributed by atoms with Gasteiger partial charge in [-0.05, 0) is 47.3 Å². The molecule has 0 atom stereocenters. The normalized spacial score (nSPS) is 11.3. The topological polar surface area (TPSA) is 55.1 Å². The lowest BCUT2D eigenvalue weighted by Gasteiger charge is -2.11. The Balaban J connectivity index is 1.87. The van der Waals surface area contributed by atoms with Crippen LogP contribution in [0.5, 0.6) is 0 Å². The number of alkyl halides is 3. The van der Waals surface area contributed by atoms with Crippen LogP contribution in [0.4, 0.5) is 24.5 Å². The van der Waals surface area contributed by atoms with E-state index < -0.39 is 17.6 Å². The van der Waals surface area contributed by atoms with Crippen LogP contribution in [0.3, 0.4) is 0 Å². The second kappa shape index (κ2) is 6.60. The molecule has 0 bridgehead atoms. The highest BCUT2D eigenvalue weighted by molar-refractivity contribution is 7.13. The molecule has 3 N–H and O–H groups in total. The van der Waals surface area contributed by atoms with Gasteiger partial charge in [0.25, 0.3) is 5.91 Å². The average Bonchev–Trinajstić information content (AvgIpc) is 3.10. The van der Waals surface area contributed by atoms with E-state index in [1.54, 1.807) is 12.1 Å². The minimum absolute atomic E-state index is 0.0873. The highest BCUT2D eigenvalue weighted by atomic mass is 32.1. The zero-order valence-electron chi connectivity index (χ0n) is 12.8. The van der Waals surface area contributed by atoms with Crippen LogP contribution in [0, 0.1) is 0 Å². The maximum Gasteiger partial charge on any atom is 0.416 e. The fraction of sp³-hybridized carbons (Fsp3) is 0.0556. The lowest BCUT2D eigenvalue weighted by molar-refractivity contribution is -0.137. The Labute approximate surface area is 145 Å². The zero-order chi connectivity index (χ0) is 18.0. The number of nitrogens with two attached hydrogens (primary N) is 1. The number of hydrogen-bond acceptors (Lipinski definition) is 3. The van der Waals surface area contributed by atoms with E-state index in [2.05, 4.69) is 5.32 Å². The van der Waals surface area contributed by atoms with Gasteiger partial charge in [0.2, 0.25) is 0 Å². The Morgan fingerprint density at radius 1 is 1.04 bits per heavy atom. The molecule has 0 aliphatic rings. The van der Waals surface area contributed by atoms with Crippen LogP contribution in [0.15, 0.2) is 60.0 Å². The van der Waals surface area contributed by atoms with Gasteiger partial charge in [-0.15, -0.1) is 11.3 Å². The third kappa shape index (κ3) is 3.83. The Kier molecular flexibility index (Phi) is 4.50. The van der Waals surface area contributed by atoms with Gasteiger partial charge in [-0.25, -0.2) is 0 Å². The smallest absolute Gasteiger partial charge is 0.397 e. The van der Waals surface area contributed by atoms with Gasteiger partial charge in [-0.2, -0.15) is 13.2 Å². The van der Waals surface area contributed by atoms with E-state index in [1.807, 2.05) is 23.6 Å². The summed E-state index contributed by atoms with van der Waals surface area (Å²) in [5.74, 6) is -0.652. The number of nitrogen functional groups attached to an aromatic ring is 1. The second-order valence-electron chi connectivity index (χ2n) is 5.31. The molecular weight excluding hydrogens is 349 g/mol. The Morgan fingerprint density at radius 2 is 1.84 bits per heavy atom. The number of halogens is 3. The number of carbonyl (C=O) groups excluding carboxylic acids is 1. The average molecular weight is 362 g/mol. The predicted molar refractivity (Wildman–Crippen MR) is 93.6 cm³/mol. The van der Waals surface area contributed by atoms with Gasteiger partial charge in [0, 0.05) is 10.4 Å². The lowest BCUT2D eigenvalue weighted by Crippen LogP contribution is -2.15. The molecule has 25 heavy (non-hydrogen) atoms. The standard InChI is InChI=1S/C18H13F3N2OS/c19-18(20,21)13-4-1-3-12(9-13)17(24)23-15-10-11(6-7-14(15)22)16-5-2-8-25-16/h1-10H,22H2,(H,23,24). The number of anilines is 2. The Bertz CT molecular complexity index is 905. The Morgan fingerprint density at radius 3 is 2.52 bits per heavy atom. The third-order valence-corrected chi connectivity index (χ3v) is 4.48. The molecule has 1 amide bonds. The third-order valence-electron chi connectivity index (χ3n) is 3.56. The molecule has 128 valence electrons. The fourth-order valence-corrected chi connectivity index (χ4v) is 3.02. The Hall–Kier alpha value is -2.80. The van der Waals surface area contributed by atoms with Gasteiger partial charge in [0.05, 0.1) is 16.9 Å². The quantitative estimate of drug-likeness (QED) is 0.624. The van der Waals surface area contributed by atoms with Gasteiger partial charge in [-0.3, -0.25) is 4.79 Å². The summed E-state index contributed by atoms with van der Waals surface area (Å²) in [4.78, 5) is 13.3. The maximum absolute atomic E-state index is 12.8. The predicted octanol–water partition coefficient (Wildman–Crippen LogP) is 5.27. The summed E-state index contributed by atoms with van der Waals surface area (Å²) in [5.41, 5.74) is 6.47. The van der Waals surface area contributed by atoms with Gasteiger partial charge < -0.3 is 11.1 Å². The van der Waals surface area contributed by atoms with Crippen LogP contribution in [0.2, 0.25) is 0 Å². The molecule has 3 nitrogen and oxygen atoms in total. The van der Waals surface area contributed by atoms with Crippen LogP contribution in [0.1, 0.15) is 15.9 Å². The molecular formula is C18H13F3N2OS. The van der Waals surface area contributed by atoms with Gasteiger partial charge in [0.15, 0.2) is 0 Å². The van der Waals surface area contributed by atoms with Crippen molar-refractivity contribution in [1.82, 2.24) is 0 Å². The summed E-state index contributed by atoms with van der Waals surface area (Å²) >= 11 is 1.53. The van der Waals surface area contributed by atoms with Crippen molar-refractivity contribution in [3.05, 3.63) is 71.1 Å². The van der Waals surface area contributed by atoms with E-state index in [9.17, 15) is 18.0 Å². The van der Waals surface area contributed by atoms with E-state index in [4.69, 9.17) is 5.73 Å². The van der Waals surface area contributed by atoms with Crippen LogP contribution in [0.25, 0.3) is 10.4 Å². The molecule has 0 unspecified atom stereocenters. The maximum atomic E-state index is 12.8. The number of rotatable bonds is 3. The summed E-state index contributed by atoms with van der Waals surface area (Å²) in [6.07, 6.45) is -4.51. The summed E-state index contributed by atoms with van der Waals surface area (Å²) in [5, 5.41) is 4.50. The monoisotopic (exact) mass is 362 g/mol. The largest absolute Gasteiger partial charge is 0.416 e. The molecule has 0 radical (unpaired) electrons. The summed E-state index contributed by atoms with van der Waals surface area (Å²) < 4.78 is 38.3. The summed E-state index contributed by atoms with van der Waals surface area (Å²) in [6.45, 7) is 0. The molecule has 0 aliphatic carbocycles. The van der Waals surface area contributed by atoms with E-state index in [1.165, 1.54) is 23.5 Å². The number of amides is 1. The number of thiophene rings is 1. The van der Waals surface area contributed by atoms with Crippen LogP contribution < -0.4 is 11.1 Å². The van der Waals surface area contributed by atoms with E-state index in [-0.39, 0.29) is 5.56 Å². The van der Waals surface area contributed by atoms with Crippen LogP contribution >= 0.6 is 11.3 Å². The molecule has 3 rings (SSSR count). The number of carbonyl (C=O) groups is 1. The molecule has 0 aliphatic heterocycles. The molecule has 0 saturated heterocycles. The molecule has 7 heteroatoms. The molecule has 2 aromatic carbocycles. The highest BCUT2D eigenvalue weighted by Gasteiger charge is 2.30. The second-order valence-corrected chi connectivity index (χ2v) is 6.26. The lowest BCUT2D eigenvalue weighted by atomic mass is 10.1. The first-order chi connectivity index (χ1) is 11.8. The highest BCUT2D eigenvalue weighted by Crippen LogP contribution is 2.32. The van der Waals surface area contributed by atoms with Gasteiger partial charge >= 0.3 is 6.18 Å². The van der Waals surface area contributed by atoms with Crippen molar-refractivity contribution in [2.24, 2.45) is 0 Å². The van der Waals surface area contributed by atoms with Gasteiger partial charge in [-0.1, -0.05) is 18.2 Å². The molecule has 1 heterocycles. The minimum Gasteiger partial charge on any atom is -0.397 e. The molecule has 0 saturated carbocycles. The summed E-state index contributed by atoms with van der Waals surface area (Å²) in [7, 11) is 0. The van der Waals surface area contributed by atoms with Crippen molar-refractivity contribution >= 4 is 28.6 Å². The number of nitrogens with one attached hydrogen (secondary N) is 1. The molecule has 1 aromatic heterocycles. The first-order valence-electron chi connectivity index (χ1n) is 7.26. The SMILES string of the molecule is Nc1ccc(-c2cccs2)cc1NC(=O)c1cccc(C(F)(F)F)c1. The number of benzene rings is 2. The zero-order valence-corrected chi connectivity index (χ0v) is 13.6. The first-order valence-corrected chi connectivity index (χ1v) is 8.14. The van der Waals surface area contributed by atoms with Crippen LogP contribution in [-0.2, 0) is 6.18 Å². The fourth-order valence-electron chi connectivity index (χ4n) is 2.29. The number of hydrogen-bond donors (Lipinski definition) is 2. The van der Waals surface area contributed by atoms with Crippen molar-refractivity contribution in [3.8, 4) is 10.4 Å².